The molecule has 158 valence electrons. The molecule has 1 aromatic rings. The number of benzene rings is 1. The first-order chi connectivity index (χ1) is 13.8. The summed E-state index contributed by atoms with van der Waals surface area (Å²) in [5.41, 5.74) is 0.503. The van der Waals surface area contributed by atoms with Crippen molar-refractivity contribution in [2.45, 2.75) is 51.0 Å². The van der Waals surface area contributed by atoms with Gasteiger partial charge in [-0.25, -0.2) is 17.5 Å². The fraction of sp³-hybridized carbons (Fsp3) is 0.500. The Morgan fingerprint density at radius 1 is 1.28 bits per heavy atom. The molecule has 0 spiro atoms. The maximum absolute atomic E-state index is 13.3. The Kier molecular flexibility index (Phi) is 7.24. The third-order valence-corrected chi connectivity index (χ3v) is 7.04. The van der Waals surface area contributed by atoms with Gasteiger partial charge in [-0.2, -0.15) is 0 Å². The SMILES string of the molecule is O=C(O)CCCC=CC1CC2CCC1C(NS(=O)(=O)C=Cc1cccc(F)c1)C2. The highest BCUT2D eigenvalue weighted by Crippen LogP contribution is 2.46. The Hall–Kier alpha value is -1.99. The first-order valence-electron chi connectivity index (χ1n) is 10.2. The zero-order valence-electron chi connectivity index (χ0n) is 16.3. The molecule has 2 bridgehead atoms. The predicted octanol–water partition coefficient (Wildman–Crippen LogP) is 4.33. The number of allylic oxidation sites excluding steroid dienone is 2. The van der Waals surface area contributed by atoms with Crippen LogP contribution >= 0.6 is 0 Å². The lowest BCUT2D eigenvalue weighted by Crippen LogP contribution is -2.49. The molecule has 0 heterocycles. The highest BCUT2D eigenvalue weighted by atomic mass is 32.2. The monoisotopic (exact) mass is 421 g/mol. The van der Waals surface area contributed by atoms with Gasteiger partial charge in [-0.15, -0.1) is 0 Å². The van der Waals surface area contributed by atoms with E-state index in [4.69, 9.17) is 5.11 Å². The number of fused-ring (bicyclic) bond motifs is 3. The number of sulfonamides is 1. The van der Waals surface area contributed by atoms with Crippen LogP contribution in [0, 0.1) is 23.6 Å². The molecule has 1 aromatic carbocycles. The van der Waals surface area contributed by atoms with Gasteiger partial charge in [-0.1, -0.05) is 30.7 Å². The van der Waals surface area contributed by atoms with Gasteiger partial charge in [-0.05, 0) is 73.6 Å². The molecular formula is C22H28FNO4S. The first-order valence-corrected chi connectivity index (χ1v) is 11.7. The molecule has 4 rings (SSSR count). The van der Waals surface area contributed by atoms with E-state index >= 15 is 0 Å². The van der Waals surface area contributed by atoms with Crippen molar-refractivity contribution in [1.29, 1.82) is 0 Å². The smallest absolute Gasteiger partial charge is 0.303 e. The Morgan fingerprint density at radius 2 is 2.10 bits per heavy atom. The maximum Gasteiger partial charge on any atom is 0.303 e. The Morgan fingerprint density at radius 3 is 2.83 bits per heavy atom. The lowest BCUT2D eigenvalue weighted by Gasteiger charge is -2.46. The second kappa shape index (κ2) is 9.67. The molecule has 3 aliphatic rings. The van der Waals surface area contributed by atoms with Gasteiger partial charge in [0, 0.05) is 17.9 Å². The van der Waals surface area contributed by atoms with Crippen LogP contribution in [0.15, 0.2) is 41.8 Å². The molecule has 0 aliphatic heterocycles. The van der Waals surface area contributed by atoms with E-state index in [-0.39, 0.29) is 18.4 Å². The summed E-state index contributed by atoms with van der Waals surface area (Å²) in [7, 11) is -3.62. The van der Waals surface area contributed by atoms with Crippen molar-refractivity contribution in [3.8, 4) is 0 Å². The molecule has 5 nitrogen and oxygen atoms in total. The van der Waals surface area contributed by atoms with E-state index in [1.807, 2.05) is 6.08 Å². The normalized spacial score (nSPS) is 27.1. The van der Waals surface area contributed by atoms with Crippen LogP contribution in [0.2, 0.25) is 0 Å². The largest absolute Gasteiger partial charge is 0.481 e. The molecule has 0 saturated heterocycles. The molecule has 29 heavy (non-hydrogen) atoms. The van der Waals surface area contributed by atoms with Gasteiger partial charge in [0.25, 0.3) is 0 Å². The molecule has 3 fully saturated rings. The van der Waals surface area contributed by atoms with Gasteiger partial charge in [0.05, 0.1) is 0 Å². The van der Waals surface area contributed by atoms with Crippen molar-refractivity contribution in [2.75, 3.05) is 0 Å². The zero-order chi connectivity index (χ0) is 20.9. The third kappa shape index (κ3) is 6.51. The van der Waals surface area contributed by atoms with Crippen LogP contribution in [-0.2, 0) is 14.8 Å². The topological polar surface area (TPSA) is 83.5 Å². The second-order valence-corrected chi connectivity index (χ2v) is 9.68. The minimum absolute atomic E-state index is 0.0988. The van der Waals surface area contributed by atoms with Crippen LogP contribution in [0.4, 0.5) is 4.39 Å². The number of carboxylic acids is 1. The van der Waals surface area contributed by atoms with Crippen LogP contribution in [-0.4, -0.2) is 25.5 Å². The number of nitrogens with one attached hydrogen (secondary N) is 1. The summed E-state index contributed by atoms with van der Waals surface area (Å²) >= 11 is 0. The van der Waals surface area contributed by atoms with E-state index in [0.717, 1.165) is 37.5 Å². The fourth-order valence-electron chi connectivity index (χ4n) is 4.59. The minimum atomic E-state index is -3.62. The van der Waals surface area contributed by atoms with E-state index in [1.54, 1.807) is 12.1 Å². The standard InChI is InChI=1S/C22H28FNO4S/c23-19-7-4-5-16(14-19)11-12-29(27,28)24-21-15-17-9-10-20(21)18(13-17)6-2-1-3-8-22(25)26/h2,4-7,11-12,14,17-18,20-21,24H,1,3,8-10,13,15H2,(H,25,26). The molecule has 3 saturated carbocycles. The summed E-state index contributed by atoms with van der Waals surface area (Å²) in [5, 5.41) is 9.82. The third-order valence-electron chi connectivity index (χ3n) is 5.92. The average Bonchev–Trinajstić information content (AvgIpc) is 2.66. The van der Waals surface area contributed by atoms with Crippen LogP contribution in [0.1, 0.15) is 50.5 Å². The highest BCUT2D eigenvalue weighted by Gasteiger charge is 2.42. The van der Waals surface area contributed by atoms with Crippen molar-refractivity contribution in [3.63, 3.8) is 0 Å². The van der Waals surface area contributed by atoms with Gasteiger partial charge in [0.2, 0.25) is 10.0 Å². The Bertz CT molecular complexity index is 881. The maximum atomic E-state index is 13.3. The quantitative estimate of drug-likeness (QED) is 0.459. The number of carboxylic acid groups (broad SMARTS) is 1. The first kappa shape index (κ1) is 21.7. The number of rotatable bonds is 9. The molecule has 0 aromatic heterocycles. The van der Waals surface area contributed by atoms with Crippen molar-refractivity contribution >= 4 is 22.1 Å². The van der Waals surface area contributed by atoms with Crippen molar-refractivity contribution in [1.82, 2.24) is 4.72 Å². The second-order valence-electron chi connectivity index (χ2n) is 8.08. The molecule has 0 radical (unpaired) electrons. The summed E-state index contributed by atoms with van der Waals surface area (Å²) in [6.07, 6.45) is 11.2. The zero-order valence-corrected chi connectivity index (χ0v) is 17.2. The van der Waals surface area contributed by atoms with Crippen molar-refractivity contribution < 1.29 is 22.7 Å². The van der Waals surface area contributed by atoms with E-state index in [0.29, 0.717) is 23.8 Å². The van der Waals surface area contributed by atoms with Crippen molar-refractivity contribution in [2.24, 2.45) is 17.8 Å². The summed E-state index contributed by atoms with van der Waals surface area (Å²) < 4.78 is 41.2. The van der Waals surface area contributed by atoms with E-state index in [1.165, 1.54) is 18.2 Å². The summed E-state index contributed by atoms with van der Waals surface area (Å²) in [6.45, 7) is 0. The van der Waals surface area contributed by atoms with E-state index < -0.39 is 21.8 Å². The number of unbranched alkanes of at least 4 members (excludes halogenated alkanes) is 1. The highest BCUT2D eigenvalue weighted by molar-refractivity contribution is 7.92. The number of hydrogen-bond donors (Lipinski definition) is 2. The van der Waals surface area contributed by atoms with Gasteiger partial charge >= 0.3 is 5.97 Å². The van der Waals surface area contributed by atoms with Crippen LogP contribution < -0.4 is 4.72 Å². The lowest BCUT2D eigenvalue weighted by atomic mass is 9.62. The molecule has 4 atom stereocenters. The number of hydrogen-bond acceptors (Lipinski definition) is 3. The van der Waals surface area contributed by atoms with Gasteiger partial charge in [-0.3, -0.25) is 4.79 Å². The van der Waals surface area contributed by atoms with Gasteiger partial charge in [0.15, 0.2) is 0 Å². The molecular weight excluding hydrogens is 393 g/mol. The van der Waals surface area contributed by atoms with Crippen LogP contribution in [0.25, 0.3) is 6.08 Å². The molecule has 7 heteroatoms. The van der Waals surface area contributed by atoms with Crippen molar-refractivity contribution in [3.05, 3.63) is 53.2 Å². The summed E-state index contributed by atoms with van der Waals surface area (Å²) in [6, 6.07) is 5.71. The number of carbonyl (C=O) groups is 1. The van der Waals surface area contributed by atoms with E-state index in [2.05, 4.69) is 10.8 Å². The van der Waals surface area contributed by atoms with Crippen LogP contribution in [0.3, 0.4) is 0 Å². The lowest BCUT2D eigenvalue weighted by molar-refractivity contribution is -0.137. The number of aliphatic carboxylic acids is 1. The Labute approximate surface area is 171 Å². The predicted molar refractivity (Wildman–Crippen MR) is 111 cm³/mol. The van der Waals surface area contributed by atoms with Crippen LogP contribution in [0.5, 0.6) is 0 Å². The molecule has 2 N–H and O–H groups in total. The van der Waals surface area contributed by atoms with E-state index in [9.17, 15) is 17.6 Å². The van der Waals surface area contributed by atoms with Gasteiger partial charge in [0.1, 0.15) is 5.82 Å². The minimum Gasteiger partial charge on any atom is -0.481 e. The summed E-state index contributed by atoms with van der Waals surface area (Å²) in [4.78, 5) is 10.6. The Balaban J connectivity index is 1.59. The molecule has 4 unspecified atom stereocenters. The fourth-order valence-corrected chi connectivity index (χ4v) is 5.70. The molecule has 3 aliphatic carbocycles. The molecule has 0 amide bonds. The number of halogens is 1. The summed E-state index contributed by atoms with van der Waals surface area (Å²) in [5.74, 6) is -0.0927. The van der Waals surface area contributed by atoms with Gasteiger partial charge < -0.3 is 5.11 Å². The average molecular weight is 422 g/mol.